The van der Waals surface area contributed by atoms with Crippen molar-refractivity contribution in [3.63, 3.8) is 0 Å². The van der Waals surface area contributed by atoms with Gasteiger partial charge in [-0.15, -0.1) is 0 Å². The molecule has 0 bridgehead atoms. The lowest BCUT2D eigenvalue weighted by Gasteiger charge is -2.03. The number of pyridine rings is 1. The van der Waals surface area contributed by atoms with Gasteiger partial charge in [-0.1, -0.05) is 0 Å². The van der Waals surface area contributed by atoms with Gasteiger partial charge < -0.3 is 10.4 Å². The van der Waals surface area contributed by atoms with E-state index in [2.05, 4.69) is 26.2 Å². The molecule has 0 radical (unpaired) electrons. The van der Waals surface area contributed by atoms with Crippen LogP contribution in [0, 0.1) is 0 Å². The fraction of sp³-hybridized carbons (Fsp3) is 0.250. The van der Waals surface area contributed by atoms with Gasteiger partial charge in [0.25, 0.3) is 5.91 Å². The molecule has 1 aromatic rings. The number of halogens is 1. The zero-order chi connectivity index (χ0) is 9.68. The first-order chi connectivity index (χ1) is 6.25. The van der Waals surface area contributed by atoms with Crippen LogP contribution in [0.2, 0.25) is 0 Å². The Bertz CT molecular complexity index is 304. The molecule has 70 valence electrons. The lowest BCUT2D eigenvalue weighted by molar-refractivity contribution is 0.0939. The van der Waals surface area contributed by atoms with Crippen LogP contribution in [-0.2, 0) is 0 Å². The second kappa shape index (κ2) is 4.94. The maximum Gasteiger partial charge on any atom is 0.271 e. The predicted molar refractivity (Wildman–Crippen MR) is 51.4 cm³/mol. The van der Waals surface area contributed by atoms with Gasteiger partial charge in [0.15, 0.2) is 0 Å². The maximum atomic E-state index is 11.3. The SMILES string of the molecule is O=C(NCCO)c1ncccc1Br. The van der Waals surface area contributed by atoms with Gasteiger partial charge >= 0.3 is 0 Å². The molecule has 1 heterocycles. The molecule has 13 heavy (non-hydrogen) atoms. The Morgan fingerprint density at radius 1 is 1.69 bits per heavy atom. The van der Waals surface area contributed by atoms with Crippen LogP contribution in [0.3, 0.4) is 0 Å². The Balaban J connectivity index is 2.71. The van der Waals surface area contributed by atoms with Crippen molar-refractivity contribution >= 4 is 21.8 Å². The van der Waals surface area contributed by atoms with E-state index in [0.717, 1.165) is 0 Å². The first-order valence-electron chi connectivity index (χ1n) is 3.75. The Morgan fingerprint density at radius 2 is 2.46 bits per heavy atom. The van der Waals surface area contributed by atoms with Crippen molar-refractivity contribution in [3.05, 3.63) is 28.5 Å². The fourth-order valence-electron chi connectivity index (χ4n) is 0.806. The van der Waals surface area contributed by atoms with E-state index in [0.29, 0.717) is 10.2 Å². The van der Waals surface area contributed by atoms with Crippen molar-refractivity contribution in [2.45, 2.75) is 0 Å². The van der Waals surface area contributed by atoms with Gasteiger partial charge in [-0.2, -0.15) is 0 Å². The summed E-state index contributed by atoms with van der Waals surface area (Å²) in [5, 5.41) is 11.0. The minimum absolute atomic E-state index is 0.0732. The monoisotopic (exact) mass is 244 g/mol. The number of nitrogens with zero attached hydrogens (tertiary/aromatic N) is 1. The second-order valence-electron chi connectivity index (χ2n) is 2.31. The van der Waals surface area contributed by atoms with Crippen LogP contribution >= 0.6 is 15.9 Å². The molecule has 2 N–H and O–H groups in total. The summed E-state index contributed by atoms with van der Waals surface area (Å²) in [6.07, 6.45) is 1.54. The molecular weight excluding hydrogens is 236 g/mol. The fourth-order valence-corrected chi connectivity index (χ4v) is 1.24. The number of aromatic nitrogens is 1. The van der Waals surface area contributed by atoms with Crippen LogP contribution in [-0.4, -0.2) is 29.1 Å². The molecule has 0 aliphatic carbocycles. The normalized spacial score (nSPS) is 9.69. The van der Waals surface area contributed by atoms with E-state index in [9.17, 15) is 4.79 Å². The van der Waals surface area contributed by atoms with Crippen LogP contribution in [0.5, 0.6) is 0 Å². The number of hydrogen-bond donors (Lipinski definition) is 2. The highest BCUT2D eigenvalue weighted by Crippen LogP contribution is 2.12. The van der Waals surface area contributed by atoms with Gasteiger partial charge in [0.05, 0.1) is 6.61 Å². The van der Waals surface area contributed by atoms with Crippen molar-refractivity contribution < 1.29 is 9.90 Å². The molecule has 0 spiro atoms. The van der Waals surface area contributed by atoms with Gasteiger partial charge in [-0.3, -0.25) is 4.79 Å². The molecule has 0 aromatic carbocycles. The number of aliphatic hydroxyl groups excluding tert-OH is 1. The van der Waals surface area contributed by atoms with E-state index in [1.54, 1.807) is 18.3 Å². The molecule has 0 unspecified atom stereocenters. The Morgan fingerprint density at radius 3 is 3.08 bits per heavy atom. The lowest BCUT2D eigenvalue weighted by Crippen LogP contribution is -2.27. The molecule has 0 saturated heterocycles. The van der Waals surface area contributed by atoms with E-state index in [1.807, 2.05) is 0 Å². The predicted octanol–water partition coefficient (Wildman–Crippen LogP) is 0.566. The summed E-state index contributed by atoms with van der Waals surface area (Å²) < 4.78 is 0.644. The van der Waals surface area contributed by atoms with Crippen LogP contribution in [0.15, 0.2) is 22.8 Å². The van der Waals surface area contributed by atoms with Crippen molar-refractivity contribution in [2.75, 3.05) is 13.2 Å². The van der Waals surface area contributed by atoms with Crippen LogP contribution < -0.4 is 5.32 Å². The molecule has 1 rings (SSSR count). The molecule has 1 aromatic heterocycles. The first-order valence-corrected chi connectivity index (χ1v) is 4.54. The van der Waals surface area contributed by atoms with Gasteiger partial charge in [0.2, 0.25) is 0 Å². The smallest absolute Gasteiger partial charge is 0.271 e. The molecule has 0 aliphatic heterocycles. The number of carbonyl (C=O) groups is 1. The van der Waals surface area contributed by atoms with Crippen LogP contribution in [0.4, 0.5) is 0 Å². The topological polar surface area (TPSA) is 62.2 Å². The zero-order valence-corrected chi connectivity index (χ0v) is 8.41. The number of amides is 1. The second-order valence-corrected chi connectivity index (χ2v) is 3.17. The summed E-state index contributed by atoms with van der Waals surface area (Å²) in [4.78, 5) is 15.2. The third-order valence-electron chi connectivity index (χ3n) is 1.37. The third-order valence-corrected chi connectivity index (χ3v) is 2.01. The van der Waals surface area contributed by atoms with E-state index in [-0.39, 0.29) is 19.1 Å². The van der Waals surface area contributed by atoms with Crippen molar-refractivity contribution in [2.24, 2.45) is 0 Å². The maximum absolute atomic E-state index is 11.3. The van der Waals surface area contributed by atoms with Crippen LogP contribution in [0.1, 0.15) is 10.5 Å². The minimum Gasteiger partial charge on any atom is -0.395 e. The highest BCUT2D eigenvalue weighted by atomic mass is 79.9. The van der Waals surface area contributed by atoms with Crippen molar-refractivity contribution in [3.8, 4) is 0 Å². The summed E-state index contributed by atoms with van der Waals surface area (Å²) in [7, 11) is 0. The van der Waals surface area contributed by atoms with Gasteiger partial charge in [0, 0.05) is 17.2 Å². The van der Waals surface area contributed by atoms with Gasteiger partial charge in [-0.25, -0.2) is 4.98 Å². The number of aliphatic hydroxyl groups is 1. The van der Waals surface area contributed by atoms with Crippen molar-refractivity contribution in [1.29, 1.82) is 0 Å². The van der Waals surface area contributed by atoms with Crippen LogP contribution in [0.25, 0.3) is 0 Å². The minimum atomic E-state index is -0.290. The molecule has 0 atom stereocenters. The Kier molecular flexibility index (Phi) is 3.85. The van der Waals surface area contributed by atoms with Gasteiger partial charge in [-0.05, 0) is 28.1 Å². The zero-order valence-electron chi connectivity index (χ0n) is 6.83. The lowest BCUT2D eigenvalue weighted by atomic mass is 10.3. The molecule has 0 saturated carbocycles. The van der Waals surface area contributed by atoms with E-state index in [1.165, 1.54) is 0 Å². The van der Waals surface area contributed by atoms with E-state index >= 15 is 0 Å². The summed E-state index contributed by atoms with van der Waals surface area (Å²) in [5.41, 5.74) is 0.330. The van der Waals surface area contributed by atoms with Gasteiger partial charge in [0.1, 0.15) is 5.69 Å². The molecule has 0 aliphatic rings. The molecule has 5 heteroatoms. The highest BCUT2D eigenvalue weighted by molar-refractivity contribution is 9.10. The summed E-state index contributed by atoms with van der Waals surface area (Å²) >= 11 is 3.20. The summed E-state index contributed by atoms with van der Waals surface area (Å²) in [6.45, 7) is 0.165. The molecule has 4 nitrogen and oxygen atoms in total. The quantitative estimate of drug-likeness (QED) is 0.818. The number of hydrogen-bond acceptors (Lipinski definition) is 3. The Hall–Kier alpha value is -0.940. The molecule has 1 amide bonds. The first kappa shape index (κ1) is 10.1. The highest BCUT2D eigenvalue weighted by Gasteiger charge is 2.09. The average Bonchev–Trinajstić information content (AvgIpc) is 2.15. The number of carbonyl (C=O) groups excluding carboxylic acids is 1. The van der Waals surface area contributed by atoms with Crippen molar-refractivity contribution in [1.82, 2.24) is 10.3 Å². The number of rotatable bonds is 3. The molecular formula is C8H9BrN2O2. The third kappa shape index (κ3) is 2.78. The van der Waals surface area contributed by atoms with E-state index < -0.39 is 0 Å². The number of nitrogens with one attached hydrogen (secondary N) is 1. The summed E-state index contributed by atoms with van der Waals surface area (Å²) in [5.74, 6) is -0.290. The average molecular weight is 245 g/mol. The Labute approximate surface area is 84.1 Å². The standard InChI is InChI=1S/C8H9BrN2O2/c9-6-2-1-3-10-7(6)8(13)11-4-5-12/h1-3,12H,4-5H2,(H,11,13). The summed E-state index contributed by atoms with van der Waals surface area (Å²) in [6, 6.07) is 3.47. The largest absolute Gasteiger partial charge is 0.395 e. The van der Waals surface area contributed by atoms with E-state index in [4.69, 9.17) is 5.11 Å². The molecule has 0 fully saturated rings.